The maximum Gasteiger partial charge on any atom is 0.267 e. The summed E-state index contributed by atoms with van der Waals surface area (Å²) in [6.07, 6.45) is 4.04. The maximum absolute atomic E-state index is 10.7. The average Bonchev–Trinajstić information content (AvgIpc) is 2.99. The molecule has 2 N–H and O–H groups in total. The molecular weight excluding hydrogens is 180 g/mol. The van der Waals surface area contributed by atoms with Gasteiger partial charge in [-0.2, -0.15) is 0 Å². The van der Waals surface area contributed by atoms with Crippen LogP contribution in [0.5, 0.6) is 5.75 Å². The minimum atomic E-state index is -0.515. The number of ether oxygens (including phenoxy) is 1. The Hall–Kier alpha value is -1.58. The van der Waals surface area contributed by atoms with E-state index in [0.717, 1.165) is 6.61 Å². The molecule has 74 valence electrons. The van der Waals surface area contributed by atoms with Crippen LogP contribution in [0.2, 0.25) is 0 Å². The Balaban J connectivity index is 1.94. The van der Waals surface area contributed by atoms with Crippen molar-refractivity contribution in [2.24, 2.45) is 11.7 Å². The lowest BCUT2D eigenvalue weighted by Crippen LogP contribution is -2.12. The number of nitrogens with two attached hydrogens (primary N) is 1. The fraction of sp³-hybridized carbons (Fsp3) is 0.400. The van der Waals surface area contributed by atoms with E-state index in [4.69, 9.17) is 10.5 Å². The number of hydrogen-bond donors (Lipinski definition) is 1. The minimum absolute atomic E-state index is 0.267. The quantitative estimate of drug-likeness (QED) is 0.773. The van der Waals surface area contributed by atoms with Crippen molar-refractivity contribution in [3.8, 4) is 5.75 Å². The Morgan fingerprint density at radius 1 is 1.57 bits per heavy atom. The van der Waals surface area contributed by atoms with E-state index in [1.807, 2.05) is 0 Å². The van der Waals surface area contributed by atoms with Crippen molar-refractivity contribution in [1.82, 2.24) is 4.98 Å². The van der Waals surface area contributed by atoms with Gasteiger partial charge in [0.25, 0.3) is 5.91 Å². The van der Waals surface area contributed by atoms with Gasteiger partial charge in [0.1, 0.15) is 11.4 Å². The van der Waals surface area contributed by atoms with E-state index in [1.54, 1.807) is 12.1 Å². The van der Waals surface area contributed by atoms with Crippen LogP contribution in [0.1, 0.15) is 23.3 Å². The monoisotopic (exact) mass is 192 g/mol. The van der Waals surface area contributed by atoms with Crippen molar-refractivity contribution in [1.29, 1.82) is 0 Å². The molecule has 0 aromatic carbocycles. The van der Waals surface area contributed by atoms with Crippen LogP contribution in [0.25, 0.3) is 0 Å². The zero-order chi connectivity index (χ0) is 9.97. The summed E-state index contributed by atoms with van der Waals surface area (Å²) >= 11 is 0. The summed E-state index contributed by atoms with van der Waals surface area (Å²) in [5.74, 6) is 0.895. The van der Waals surface area contributed by atoms with Gasteiger partial charge < -0.3 is 10.5 Å². The van der Waals surface area contributed by atoms with Crippen LogP contribution in [0.15, 0.2) is 18.3 Å². The third kappa shape index (κ3) is 2.22. The molecule has 1 aromatic heterocycles. The molecule has 0 bridgehead atoms. The molecule has 0 radical (unpaired) electrons. The number of aromatic nitrogens is 1. The van der Waals surface area contributed by atoms with Gasteiger partial charge in [0.15, 0.2) is 0 Å². The third-order valence-corrected chi connectivity index (χ3v) is 2.17. The molecule has 0 saturated heterocycles. The molecular formula is C10H12N2O2. The molecule has 1 fully saturated rings. The first-order valence-electron chi connectivity index (χ1n) is 4.64. The van der Waals surface area contributed by atoms with E-state index in [0.29, 0.717) is 11.7 Å². The van der Waals surface area contributed by atoms with Gasteiger partial charge in [0, 0.05) is 0 Å². The summed E-state index contributed by atoms with van der Waals surface area (Å²) in [6.45, 7) is 0.748. The Morgan fingerprint density at radius 2 is 2.36 bits per heavy atom. The van der Waals surface area contributed by atoms with E-state index in [2.05, 4.69) is 4.98 Å². The summed E-state index contributed by atoms with van der Waals surface area (Å²) in [7, 11) is 0. The number of amides is 1. The molecule has 1 saturated carbocycles. The van der Waals surface area contributed by atoms with Crippen LogP contribution in [0.4, 0.5) is 0 Å². The zero-order valence-corrected chi connectivity index (χ0v) is 7.77. The van der Waals surface area contributed by atoms with E-state index in [-0.39, 0.29) is 5.69 Å². The highest BCUT2D eigenvalue weighted by atomic mass is 16.5. The molecule has 1 amide bonds. The predicted octanol–water partition coefficient (Wildman–Crippen LogP) is 0.969. The van der Waals surface area contributed by atoms with Gasteiger partial charge >= 0.3 is 0 Å². The topological polar surface area (TPSA) is 65.2 Å². The van der Waals surface area contributed by atoms with E-state index < -0.39 is 5.91 Å². The van der Waals surface area contributed by atoms with Gasteiger partial charge in [-0.25, -0.2) is 4.98 Å². The first-order valence-corrected chi connectivity index (χ1v) is 4.64. The number of nitrogens with zero attached hydrogens (tertiary/aromatic N) is 1. The van der Waals surface area contributed by atoms with Gasteiger partial charge in [-0.3, -0.25) is 4.79 Å². The van der Waals surface area contributed by atoms with Crippen molar-refractivity contribution in [3.63, 3.8) is 0 Å². The standard InChI is InChI=1S/C10H12N2O2/c11-10(13)9-4-3-8(5-12-9)14-6-7-1-2-7/h3-5,7H,1-2,6H2,(H2,11,13). The number of pyridine rings is 1. The second kappa shape index (κ2) is 3.65. The van der Waals surface area contributed by atoms with E-state index in [1.165, 1.54) is 19.0 Å². The van der Waals surface area contributed by atoms with Crippen LogP contribution >= 0.6 is 0 Å². The van der Waals surface area contributed by atoms with E-state index in [9.17, 15) is 4.79 Å². The summed E-state index contributed by atoms with van der Waals surface area (Å²) in [5.41, 5.74) is 5.32. The lowest BCUT2D eigenvalue weighted by atomic mass is 10.3. The second-order valence-electron chi connectivity index (χ2n) is 3.50. The van der Waals surface area contributed by atoms with Crippen molar-refractivity contribution < 1.29 is 9.53 Å². The first kappa shape index (κ1) is 8.99. The molecule has 4 heteroatoms. The third-order valence-electron chi connectivity index (χ3n) is 2.17. The van der Waals surface area contributed by atoms with Crippen molar-refractivity contribution in [2.45, 2.75) is 12.8 Å². The van der Waals surface area contributed by atoms with Crippen molar-refractivity contribution in [3.05, 3.63) is 24.0 Å². The molecule has 1 heterocycles. The summed E-state index contributed by atoms with van der Waals surface area (Å²) < 4.78 is 5.45. The van der Waals surface area contributed by atoms with Gasteiger partial charge in [-0.05, 0) is 30.9 Å². The van der Waals surface area contributed by atoms with E-state index >= 15 is 0 Å². The molecule has 1 aromatic rings. The lowest BCUT2D eigenvalue weighted by Gasteiger charge is -2.04. The van der Waals surface area contributed by atoms with Crippen molar-refractivity contribution >= 4 is 5.91 Å². The van der Waals surface area contributed by atoms with Crippen LogP contribution in [-0.2, 0) is 0 Å². The van der Waals surface area contributed by atoms with Gasteiger partial charge in [0.2, 0.25) is 0 Å². The summed E-state index contributed by atoms with van der Waals surface area (Å²) in [4.78, 5) is 14.6. The first-order chi connectivity index (χ1) is 6.75. The molecule has 0 aliphatic heterocycles. The molecule has 2 rings (SSSR count). The SMILES string of the molecule is NC(=O)c1ccc(OCC2CC2)cn1. The number of carbonyl (C=O) groups excluding carboxylic acids is 1. The number of rotatable bonds is 4. The Bertz CT molecular complexity index is 330. The fourth-order valence-corrected chi connectivity index (χ4v) is 1.11. The highest BCUT2D eigenvalue weighted by Crippen LogP contribution is 2.29. The normalized spacial score (nSPS) is 15.1. The molecule has 4 nitrogen and oxygen atoms in total. The highest BCUT2D eigenvalue weighted by molar-refractivity contribution is 5.90. The number of primary amides is 1. The molecule has 1 aliphatic carbocycles. The maximum atomic E-state index is 10.7. The second-order valence-corrected chi connectivity index (χ2v) is 3.50. The molecule has 14 heavy (non-hydrogen) atoms. The highest BCUT2D eigenvalue weighted by Gasteiger charge is 2.21. The van der Waals surface area contributed by atoms with Gasteiger partial charge in [-0.1, -0.05) is 0 Å². The van der Waals surface area contributed by atoms with Crippen molar-refractivity contribution in [2.75, 3.05) is 6.61 Å². The minimum Gasteiger partial charge on any atom is -0.492 e. The Labute approximate surface area is 82.1 Å². The number of carbonyl (C=O) groups is 1. The summed E-state index contributed by atoms with van der Waals surface area (Å²) in [6, 6.07) is 3.29. The van der Waals surface area contributed by atoms with Crippen LogP contribution in [0, 0.1) is 5.92 Å². The van der Waals surface area contributed by atoms with Crippen LogP contribution in [0.3, 0.4) is 0 Å². The largest absolute Gasteiger partial charge is 0.492 e. The zero-order valence-electron chi connectivity index (χ0n) is 7.77. The number of hydrogen-bond acceptors (Lipinski definition) is 3. The van der Waals surface area contributed by atoms with Gasteiger partial charge in [-0.15, -0.1) is 0 Å². The molecule has 1 aliphatic rings. The Kier molecular flexibility index (Phi) is 2.35. The smallest absolute Gasteiger partial charge is 0.267 e. The average molecular weight is 192 g/mol. The summed E-state index contributed by atoms with van der Waals surface area (Å²) in [5, 5.41) is 0. The molecule has 0 atom stereocenters. The Morgan fingerprint density at radius 3 is 2.86 bits per heavy atom. The predicted molar refractivity (Wildman–Crippen MR) is 51.0 cm³/mol. The molecule has 0 unspecified atom stereocenters. The van der Waals surface area contributed by atoms with Crippen LogP contribution in [-0.4, -0.2) is 17.5 Å². The fourth-order valence-electron chi connectivity index (χ4n) is 1.11. The lowest BCUT2D eigenvalue weighted by molar-refractivity contribution is 0.0995. The molecule has 0 spiro atoms. The van der Waals surface area contributed by atoms with Gasteiger partial charge in [0.05, 0.1) is 12.8 Å². The van der Waals surface area contributed by atoms with Crippen LogP contribution < -0.4 is 10.5 Å².